The molecule has 8 nitrogen and oxygen atoms in total. The van der Waals surface area contributed by atoms with Gasteiger partial charge in [0.1, 0.15) is 4.99 Å². The molecule has 2 heterocycles. The Kier molecular flexibility index (Phi) is 6.91. The molecule has 2 rings (SSSR count). The van der Waals surface area contributed by atoms with Gasteiger partial charge in [-0.1, -0.05) is 12.2 Å². The van der Waals surface area contributed by atoms with Crippen LogP contribution in [0.2, 0.25) is 0 Å². The van der Waals surface area contributed by atoms with E-state index in [1.54, 1.807) is 23.9 Å². The summed E-state index contributed by atoms with van der Waals surface area (Å²) in [5.41, 5.74) is 0. The maximum Gasteiger partial charge on any atom is 0.292 e. The molecule has 0 aromatic rings. The van der Waals surface area contributed by atoms with Crippen molar-refractivity contribution in [1.82, 2.24) is 9.80 Å². The fourth-order valence-corrected chi connectivity index (χ4v) is 4.91. The molecule has 25 heavy (non-hydrogen) atoms. The Balaban J connectivity index is 2.01. The van der Waals surface area contributed by atoms with E-state index in [4.69, 9.17) is 12.2 Å². The molecular formula is C13H14N2O6S4-2. The number of carboxylic acids is 1. The quantitative estimate of drug-likeness (QED) is 0.313. The monoisotopic (exact) mass is 422 g/mol. The predicted octanol–water partition coefficient (Wildman–Crippen LogP) is -0.0581. The molecule has 0 saturated carbocycles. The van der Waals surface area contributed by atoms with Gasteiger partial charge in [0.2, 0.25) is 0 Å². The molecular weight excluding hydrogens is 408 g/mol. The zero-order valence-corrected chi connectivity index (χ0v) is 16.1. The highest BCUT2D eigenvalue weighted by Gasteiger charge is 2.31. The lowest BCUT2D eigenvalue weighted by atomic mass is 10.4. The summed E-state index contributed by atoms with van der Waals surface area (Å²) in [6.07, 6.45) is 3.64. The number of carbonyl (C=O) groups is 2. The number of aliphatic carboxylic acids is 1. The molecule has 0 radical (unpaired) electrons. The number of allylic oxidation sites excluding steroid dienone is 2. The molecule has 0 aromatic carbocycles. The van der Waals surface area contributed by atoms with Crippen LogP contribution in [-0.2, 0) is 14.9 Å². The molecule has 0 bridgehead atoms. The van der Waals surface area contributed by atoms with Crippen molar-refractivity contribution in [3.05, 3.63) is 22.1 Å². The summed E-state index contributed by atoms with van der Waals surface area (Å²) < 4.78 is 32.0. The Labute approximate surface area is 159 Å². The first-order valence-corrected chi connectivity index (χ1v) is 10.9. The van der Waals surface area contributed by atoms with Crippen LogP contribution in [0.25, 0.3) is 0 Å². The average Bonchev–Trinajstić information content (AvgIpc) is 3.03. The third-order valence-corrected chi connectivity index (χ3v) is 6.66. The largest absolute Gasteiger partial charge is 0.748 e. The lowest BCUT2D eigenvalue weighted by Gasteiger charge is -2.19. The van der Waals surface area contributed by atoms with E-state index in [1.807, 2.05) is 4.90 Å². The van der Waals surface area contributed by atoms with Gasteiger partial charge in [-0.15, -0.1) is 11.8 Å². The average molecular weight is 423 g/mol. The van der Waals surface area contributed by atoms with Crippen molar-refractivity contribution in [2.24, 2.45) is 0 Å². The van der Waals surface area contributed by atoms with Crippen LogP contribution in [-0.4, -0.2) is 70.1 Å². The van der Waals surface area contributed by atoms with Crippen LogP contribution in [0, 0.1) is 0 Å². The third-order valence-electron chi connectivity index (χ3n) is 3.28. The summed E-state index contributed by atoms with van der Waals surface area (Å²) in [6, 6.07) is 0. The van der Waals surface area contributed by atoms with Crippen molar-refractivity contribution in [2.75, 3.05) is 31.1 Å². The predicted molar refractivity (Wildman–Crippen MR) is 96.7 cm³/mol. The highest BCUT2D eigenvalue weighted by atomic mass is 32.2. The lowest BCUT2D eigenvalue weighted by Crippen LogP contribution is -2.39. The summed E-state index contributed by atoms with van der Waals surface area (Å²) in [6.45, 7) is 0.589. The molecule has 2 fully saturated rings. The van der Waals surface area contributed by atoms with Gasteiger partial charge in [-0.2, -0.15) is 0 Å². The normalized spacial score (nSPS) is 21.8. The number of thiocarbonyl (C=S) groups is 1. The van der Waals surface area contributed by atoms with Gasteiger partial charge in [-0.25, -0.2) is 8.42 Å². The Hall–Kier alpha value is -1.08. The first-order valence-electron chi connectivity index (χ1n) is 7.14. The summed E-state index contributed by atoms with van der Waals surface area (Å²) in [7, 11) is -4.22. The number of rotatable bonds is 7. The zero-order chi connectivity index (χ0) is 18.6. The molecule has 2 aliphatic rings. The van der Waals surface area contributed by atoms with Crippen LogP contribution in [0.5, 0.6) is 0 Å². The van der Waals surface area contributed by atoms with E-state index >= 15 is 0 Å². The van der Waals surface area contributed by atoms with E-state index in [-0.39, 0.29) is 11.4 Å². The number of hydrogen-bond donors (Lipinski definition) is 0. The van der Waals surface area contributed by atoms with Crippen LogP contribution < -0.4 is 5.11 Å². The van der Waals surface area contributed by atoms with Crippen molar-refractivity contribution < 1.29 is 27.7 Å². The minimum Gasteiger partial charge on any atom is -0.748 e. The highest BCUT2D eigenvalue weighted by Crippen LogP contribution is 2.33. The molecule has 12 heteroatoms. The molecule has 0 unspecified atom stereocenters. The first-order chi connectivity index (χ1) is 11.7. The molecule has 0 N–H and O–H groups in total. The molecule has 0 atom stereocenters. The minimum atomic E-state index is -4.22. The van der Waals surface area contributed by atoms with Crippen molar-refractivity contribution in [3.63, 3.8) is 0 Å². The molecule has 2 saturated heterocycles. The Morgan fingerprint density at radius 1 is 1.36 bits per heavy atom. The van der Waals surface area contributed by atoms with Crippen molar-refractivity contribution in [2.45, 2.75) is 6.42 Å². The second kappa shape index (κ2) is 8.54. The van der Waals surface area contributed by atoms with Crippen LogP contribution >= 0.6 is 35.7 Å². The van der Waals surface area contributed by atoms with E-state index in [2.05, 4.69) is 0 Å². The lowest BCUT2D eigenvalue weighted by molar-refractivity contribution is -0.305. The summed E-state index contributed by atoms with van der Waals surface area (Å²) in [5.74, 6) is -0.969. The number of nitrogens with zero attached hydrogens (tertiary/aromatic N) is 2. The number of carboxylic acid groups (broad SMARTS) is 1. The molecule has 0 aliphatic carbocycles. The van der Waals surface area contributed by atoms with E-state index in [0.29, 0.717) is 11.4 Å². The first kappa shape index (κ1) is 20.2. The summed E-state index contributed by atoms with van der Waals surface area (Å²) in [4.78, 5) is 26.0. The van der Waals surface area contributed by atoms with E-state index in [1.165, 1.54) is 0 Å². The molecule has 0 aromatic heterocycles. The number of carbonyl (C=O) groups excluding carboxylic acids is 2. The van der Waals surface area contributed by atoms with Gasteiger partial charge in [0.15, 0.2) is 0 Å². The van der Waals surface area contributed by atoms with Crippen LogP contribution in [0.1, 0.15) is 6.42 Å². The number of amides is 1. The van der Waals surface area contributed by atoms with Gasteiger partial charge in [0.05, 0.1) is 32.6 Å². The second-order valence-electron chi connectivity index (χ2n) is 5.12. The number of thioether (sulfide) groups is 2. The van der Waals surface area contributed by atoms with E-state index < -0.39 is 33.6 Å². The highest BCUT2D eigenvalue weighted by molar-refractivity contribution is 8.19. The summed E-state index contributed by atoms with van der Waals surface area (Å²) >= 11 is 7.53. The van der Waals surface area contributed by atoms with Gasteiger partial charge >= 0.3 is 0 Å². The molecule has 2 aliphatic heterocycles. The molecule has 0 spiro atoms. The summed E-state index contributed by atoms with van der Waals surface area (Å²) in [5, 5.41) is 11.1. The third kappa shape index (κ3) is 5.99. The Bertz CT molecular complexity index is 746. The maximum absolute atomic E-state index is 11.8. The van der Waals surface area contributed by atoms with Gasteiger partial charge in [0, 0.05) is 24.6 Å². The fraction of sp³-hybridized carbons (Fsp3) is 0.462. The van der Waals surface area contributed by atoms with Gasteiger partial charge < -0.3 is 19.4 Å². The zero-order valence-electron chi connectivity index (χ0n) is 12.9. The smallest absolute Gasteiger partial charge is 0.292 e. The van der Waals surface area contributed by atoms with Gasteiger partial charge in [0.25, 0.3) is 5.24 Å². The Morgan fingerprint density at radius 3 is 2.72 bits per heavy atom. The van der Waals surface area contributed by atoms with E-state index in [9.17, 15) is 27.7 Å². The van der Waals surface area contributed by atoms with Crippen LogP contribution in [0.3, 0.4) is 0 Å². The molecule has 1 amide bonds. The standard InChI is InChI=1S/C13H16N2O6S4/c16-11(17)8-15-12(22)9(24-13(15)18)2-3-10-14(5-6-23-10)4-1-7-25(19,20)21/h2-3H,1,4-8H2,(H,16,17)(H,19,20,21)/p-2. The maximum atomic E-state index is 11.8. The minimum absolute atomic E-state index is 0.142. The van der Waals surface area contributed by atoms with E-state index in [0.717, 1.165) is 34.0 Å². The van der Waals surface area contributed by atoms with Crippen LogP contribution in [0.4, 0.5) is 4.79 Å². The fourth-order valence-electron chi connectivity index (χ4n) is 2.20. The van der Waals surface area contributed by atoms with Crippen LogP contribution in [0.15, 0.2) is 22.1 Å². The SMILES string of the molecule is O=C([O-])CN1C(=O)SC(=CC=C2SCCN2CCCS(=O)(=O)[O-])C1=S. The van der Waals surface area contributed by atoms with Gasteiger partial charge in [-0.3, -0.25) is 9.69 Å². The number of hydrogen-bond acceptors (Lipinski definition) is 10. The van der Waals surface area contributed by atoms with Crippen molar-refractivity contribution in [3.8, 4) is 0 Å². The van der Waals surface area contributed by atoms with Crippen molar-refractivity contribution >= 4 is 62.1 Å². The van der Waals surface area contributed by atoms with Crippen molar-refractivity contribution in [1.29, 1.82) is 0 Å². The van der Waals surface area contributed by atoms with Gasteiger partial charge in [-0.05, 0) is 30.3 Å². The second-order valence-corrected chi connectivity index (χ2v) is 9.14. The molecule has 138 valence electrons. The Morgan fingerprint density at radius 2 is 2.08 bits per heavy atom. The topological polar surface area (TPSA) is 121 Å².